The highest BCUT2D eigenvalue weighted by Crippen LogP contribution is 2.33. The Morgan fingerprint density at radius 3 is 2.38 bits per heavy atom. The van der Waals surface area contributed by atoms with Crippen LogP contribution in [0.2, 0.25) is 10.0 Å². The lowest BCUT2D eigenvalue weighted by Gasteiger charge is -2.20. The Balaban J connectivity index is 1.79. The van der Waals surface area contributed by atoms with Gasteiger partial charge in [-0.05, 0) is 24.1 Å². The average molecular weight is 402 g/mol. The van der Waals surface area contributed by atoms with E-state index in [4.69, 9.17) is 27.9 Å². The molecular formula is C18H18Cl2FNO4. The maximum absolute atomic E-state index is 13.2. The van der Waals surface area contributed by atoms with Crippen molar-refractivity contribution >= 4 is 29.3 Å². The van der Waals surface area contributed by atoms with E-state index in [2.05, 4.69) is 5.32 Å². The van der Waals surface area contributed by atoms with Crippen LogP contribution in [0.25, 0.3) is 0 Å². The second-order valence-electron chi connectivity index (χ2n) is 5.57. The molecule has 0 radical (unpaired) electrons. The highest BCUT2D eigenvalue weighted by molar-refractivity contribution is 6.36. The molecule has 5 nitrogen and oxygen atoms in total. The lowest BCUT2D eigenvalue weighted by atomic mass is 10.0. The van der Waals surface area contributed by atoms with Gasteiger partial charge in [-0.1, -0.05) is 53.5 Å². The van der Waals surface area contributed by atoms with E-state index in [1.807, 2.05) is 30.3 Å². The molecule has 0 fully saturated rings. The minimum atomic E-state index is -1.42. The van der Waals surface area contributed by atoms with Gasteiger partial charge < -0.3 is 20.3 Å². The van der Waals surface area contributed by atoms with Gasteiger partial charge in [-0.25, -0.2) is 9.18 Å². The Labute approximate surface area is 160 Å². The number of carbonyl (C=O) groups is 1. The summed E-state index contributed by atoms with van der Waals surface area (Å²) in [4.78, 5) is 11.6. The molecule has 0 bridgehead atoms. The highest BCUT2D eigenvalue weighted by atomic mass is 35.5. The van der Waals surface area contributed by atoms with Crippen molar-refractivity contribution in [1.29, 1.82) is 0 Å². The molecule has 0 aliphatic rings. The minimum Gasteiger partial charge on any atom is -0.445 e. The number of ether oxygens (including phenoxy) is 1. The van der Waals surface area contributed by atoms with E-state index < -0.39 is 24.1 Å². The molecule has 0 aliphatic carbocycles. The fraction of sp³-hybridized carbons (Fsp3) is 0.278. The smallest absolute Gasteiger partial charge is 0.407 e. The Morgan fingerprint density at radius 2 is 1.77 bits per heavy atom. The Bertz CT molecular complexity index is 722. The lowest BCUT2D eigenvalue weighted by Crippen LogP contribution is -2.30. The van der Waals surface area contributed by atoms with Crippen LogP contribution in [0.3, 0.4) is 0 Å². The van der Waals surface area contributed by atoms with Crippen molar-refractivity contribution in [2.45, 2.75) is 25.2 Å². The molecule has 0 saturated heterocycles. The molecule has 1 amide bonds. The second kappa shape index (κ2) is 9.73. The molecular weight excluding hydrogens is 384 g/mol. The molecule has 0 aromatic heterocycles. The number of halogens is 3. The van der Waals surface area contributed by atoms with Gasteiger partial charge in [0.15, 0.2) is 0 Å². The molecule has 3 N–H and O–H groups in total. The predicted octanol–water partition coefficient (Wildman–Crippen LogP) is 3.84. The van der Waals surface area contributed by atoms with Crippen LogP contribution in [0.4, 0.5) is 9.18 Å². The summed E-state index contributed by atoms with van der Waals surface area (Å²) in [5, 5.41) is 22.5. The highest BCUT2D eigenvalue weighted by Gasteiger charge is 2.24. The van der Waals surface area contributed by atoms with Crippen molar-refractivity contribution in [3.63, 3.8) is 0 Å². The number of benzene rings is 2. The maximum Gasteiger partial charge on any atom is 0.407 e. The lowest BCUT2D eigenvalue weighted by molar-refractivity contribution is 0.0137. The van der Waals surface area contributed by atoms with Gasteiger partial charge in [0.2, 0.25) is 0 Å². The van der Waals surface area contributed by atoms with Gasteiger partial charge in [-0.3, -0.25) is 0 Å². The molecule has 8 heteroatoms. The van der Waals surface area contributed by atoms with E-state index in [0.29, 0.717) is 0 Å². The monoisotopic (exact) mass is 401 g/mol. The zero-order valence-corrected chi connectivity index (χ0v) is 15.2. The normalized spacial score (nSPS) is 13.1. The van der Waals surface area contributed by atoms with Gasteiger partial charge in [-0.15, -0.1) is 0 Å². The van der Waals surface area contributed by atoms with Crippen molar-refractivity contribution in [1.82, 2.24) is 5.32 Å². The first-order chi connectivity index (χ1) is 12.4. The first kappa shape index (κ1) is 20.5. The largest absolute Gasteiger partial charge is 0.445 e. The Morgan fingerprint density at radius 1 is 1.15 bits per heavy atom. The quantitative estimate of drug-likeness (QED) is 0.658. The Kier molecular flexibility index (Phi) is 7.66. The van der Waals surface area contributed by atoms with Crippen LogP contribution >= 0.6 is 23.2 Å². The van der Waals surface area contributed by atoms with Gasteiger partial charge in [0.25, 0.3) is 0 Å². The third kappa shape index (κ3) is 5.85. The minimum absolute atomic E-state index is 0.0195. The first-order valence-electron chi connectivity index (χ1n) is 7.83. The zero-order chi connectivity index (χ0) is 19.1. The molecule has 2 atom stereocenters. The molecule has 0 heterocycles. The zero-order valence-electron chi connectivity index (χ0n) is 13.7. The van der Waals surface area contributed by atoms with E-state index in [1.54, 1.807) is 0 Å². The van der Waals surface area contributed by atoms with E-state index >= 15 is 0 Å². The third-order valence-electron chi connectivity index (χ3n) is 3.63. The van der Waals surface area contributed by atoms with Crippen molar-refractivity contribution < 1.29 is 24.1 Å². The van der Waals surface area contributed by atoms with Crippen LogP contribution < -0.4 is 5.32 Å². The summed E-state index contributed by atoms with van der Waals surface area (Å²) in [7, 11) is 0. The number of amides is 1. The van der Waals surface area contributed by atoms with Crippen molar-refractivity contribution in [2.24, 2.45) is 0 Å². The van der Waals surface area contributed by atoms with Gasteiger partial charge in [-0.2, -0.15) is 0 Å². The summed E-state index contributed by atoms with van der Waals surface area (Å²) < 4.78 is 18.2. The molecule has 0 spiro atoms. The SMILES string of the molecule is O=C(NCCC(O)C(O)c1c(Cl)cc(F)cc1Cl)OCc1ccccc1. The molecule has 26 heavy (non-hydrogen) atoms. The summed E-state index contributed by atoms with van der Waals surface area (Å²) in [6.45, 7) is 0.181. The topological polar surface area (TPSA) is 78.8 Å². The summed E-state index contributed by atoms with van der Waals surface area (Å²) >= 11 is 11.7. The number of hydrogen-bond donors (Lipinski definition) is 3. The number of carbonyl (C=O) groups excluding carboxylic acids is 1. The number of nitrogens with one attached hydrogen (secondary N) is 1. The summed E-state index contributed by atoms with van der Waals surface area (Å²) in [6.07, 6.45) is -3.30. The maximum atomic E-state index is 13.2. The average Bonchev–Trinajstić information content (AvgIpc) is 2.59. The van der Waals surface area contributed by atoms with Crippen LogP contribution in [-0.2, 0) is 11.3 Å². The Hall–Kier alpha value is -1.86. The summed E-state index contributed by atoms with van der Waals surface area (Å²) in [6, 6.07) is 11.2. The standard InChI is InChI=1S/C18H18Cl2FNO4/c19-13-8-12(21)9-14(20)16(13)17(24)15(23)6-7-22-18(25)26-10-11-4-2-1-3-5-11/h1-5,8-9,15,17,23-24H,6-7,10H2,(H,22,25). The number of rotatable bonds is 7. The first-order valence-corrected chi connectivity index (χ1v) is 8.59. The third-order valence-corrected chi connectivity index (χ3v) is 4.25. The molecule has 2 unspecified atom stereocenters. The van der Waals surface area contributed by atoms with Crippen molar-refractivity contribution in [3.8, 4) is 0 Å². The van der Waals surface area contributed by atoms with Crippen LogP contribution in [0.1, 0.15) is 23.7 Å². The number of aliphatic hydroxyl groups excluding tert-OH is 2. The molecule has 0 saturated carbocycles. The summed E-state index contributed by atoms with van der Waals surface area (Å²) in [5.74, 6) is -0.645. The van der Waals surface area contributed by atoms with Crippen LogP contribution in [0.15, 0.2) is 42.5 Å². The molecule has 140 valence electrons. The summed E-state index contributed by atoms with van der Waals surface area (Å²) in [5.41, 5.74) is 0.882. The van der Waals surface area contributed by atoms with E-state index in [1.165, 1.54) is 0 Å². The fourth-order valence-corrected chi connectivity index (χ4v) is 2.97. The van der Waals surface area contributed by atoms with E-state index in [0.717, 1.165) is 17.7 Å². The second-order valence-corrected chi connectivity index (χ2v) is 6.39. The number of hydrogen-bond acceptors (Lipinski definition) is 4. The van der Waals surface area contributed by atoms with Crippen molar-refractivity contribution in [3.05, 3.63) is 69.5 Å². The van der Waals surface area contributed by atoms with Gasteiger partial charge >= 0.3 is 6.09 Å². The van der Waals surface area contributed by atoms with Crippen LogP contribution in [0, 0.1) is 5.82 Å². The number of aliphatic hydroxyl groups is 2. The van der Waals surface area contributed by atoms with E-state index in [-0.39, 0.29) is 35.2 Å². The van der Waals surface area contributed by atoms with Gasteiger partial charge in [0.1, 0.15) is 18.5 Å². The van der Waals surface area contributed by atoms with Gasteiger partial charge in [0, 0.05) is 12.1 Å². The molecule has 2 aromatic rings. The fourth-order valence-electron chi connectivity index (χ4n) is 2.28. The molecule has 2 aromatic carbocycles. The van der Waals surface area contributed by atoms with Crippen molar-refractivity contribution in [2.75, 3.05) is 6.54 Å². The molecule has 0 aliphatic heterocycles. The predicted molar refractivity (Wildman–Crippen MR) is 96.6 cm³/mol. The molecule has 2 rings (SSSR count). The van der Waals surface area contributed by atoms with E-state index in [9.17, 15) is 19.4 Å². The van der Waals surface area contributed by atoms with Crippen LogP contribution in [0.5, 0.6) is 0 Å². The van der Waals surface area contributed by atoms with Gasteiger partial charge in [0.05, 0.1) is 16.1 Å². The van der Waals surface area contributed by atoms with Crippen LogP contribution in [-0.4, -0.2) is 29.0 Å². The number of alkyl carbamates (subject to hydrolysis) is 1.